The van der Waals surface area contributed by atoms with Gasteiger partial charge in [-0.15, -0.1) is 0 Å². The van der Waals surface area contributed by atoms with E-state index in [2.05, 4.69) is 23.1 Å². The van der Waals surface area contributed by atoms with E-state index in [-0.39, 0.29) is 6.42 Å². The van der Waals surface area contributed by atoms with Crippen molar-refractivity contribution in [1.29, 1.82) is 0 Å². The first-order valence-corrected chi connectivity index (χ1v) is 7.82. The first-order valence-electron chi connectivity index (χ1n) is 7.82. The molecule has 0 amide bonds. The lowest BCUT2D eigenvalue weighted by atomic mass is 9.96. The van der Waals surface area contributed by atoms with E-state index in [1.165, 1.54) is 5.56 Å². The van der Waals surface area contributed by atoms with E-state index in [1.54, 1.807) is 0 Å². The first-order chi connectivity index (χ1) is 10.6. The summed E-state index contributed by atoms with van der Waals surface area (Å²) in [5.74, 6) is -1.26. The number of hydrogen-bond donors (Lipinski definition) is 0. The zero-order chi connectivity index (χ0) is 15.5. The SMILES string of the molecule is FC(F)=C(F)CCC1=CC2CCC(C1)N2Cc1ccccc1. The molecule has 0 N–H and O–H groups in total. The molecule has 22 heavy (non-hydrogen) atoms. The molecule has 0 aromatic heterocycles. The third-order valence-electron chi connectivity index (χ3n) is 4.70. The average Bonchev–Trinajstić information content (AvgIpc) is 2.75. The molecule has 2 bridgehead atoms. The van der Waals surface area contributed by atoms with Crippen LogP contribution < -0.4 is 0 Å². The van der Waals surface area contributed by atoms with E-state index >= 15 is 0 Å². The van der Waals surface area contributed by atoms with Crippen LogP contribution in [0, 0.1) is 0 Å². The van der Waals surface area contributed by atoms with Crippen molar-refractivity contribution in [2.24, 2.45) is 0 Å². The van der Waals surface area contributed by atoms with Crippen molar-refractivity contribution in [2.45, 2.75) is 50.7 Å². The maximum Gasteiger partial charge on any atom is 0.301 e. The normalized spacial score (nSPS) is 24.2. The Hall–Kier alpha value is -1.55. The third-order valence-corrected chi connectivity index (χ3v) is 4.70. The van der Waals surface area contributed by atoms with Gasteiger partial charge in [-0.05, 0) is 31.2 Å². The number of benzene rings is 1. The monoisotopic (exact) mass is 307 g/mol. The van der Waals surface area contributed by atoms with E-state index in [1.807, 2.05) is 18.2 Å². The fourth-order valence-corrected chi connectivity index (χ4v) is 3.60. The van der Waals surface area contributed by atoms with Crippen LogP contribution in [0.25, 0.3) is 0 Å². The van der Waals surface area contributed by atoms with E-state index in [4.69, 9.17) is 0 Å². The van der Waals surface area contributed by atoms with Crippen molar-refractivity contribution < 1.29 is 13.2 Å². The number of fused-ring (bicyclic) bond motifs is 2. The molecule has 1 nitrogen and oxygen atoms in total. The Morgan fingerprint density at radius 2 is 1.86 bits per heavy atom. The molecule has 1 fully saturated rings. The molecule has 0 aliphatic carbocycles. The van der Waals surface area contributed by atoms with Gasteiger partial charge in [0.15, 0.2) is 5.83 Å². The van der Waals surface area contributed by atoms with Crippen molar-refractivity contribution in [3.05, 3.63) is 59.5 Å². The zero-order valence-corrected chi connectivity index (χ0v) is 12.4. The Bertz CT molecular complexity index is 575. The summed E-state index contributed by atoms with van der Waals surface area (Å²) in [5, 5.41) is 0. The minimum Gasteiger partial charge on any atom is -0.289 e. The van der Waals surface area contributed by atoms with E-state index in [0.717, 1.165) is 31.4 Å². The molecule has 2 atom stereocenters. The Balaban J connectivity index is 1.63. The van der Waals surface area contributed by atoms with Gasteiger partial charge >= 0.3 is 6.08 Å². The molecule has 2 aliphatic rings. The molecule has 2 unspecified atom stereocenters. The predicted molar refractivity (Wildman–Crippen MR) is 81.1 cm³/mol. The van der Waals surface area contributed by atoms with E-state index in [0.29, 0.717) is 18.5 Å². The van der Waals surface area contributed by atoms with E-state index in [9.17, 15) is 13.2 Å². The van der Waals surface area contributed by atoms with Crippen LogP contribution in [0.15, 0.2) is 53.9 Å². The van der Waals surface area contributed by atoms with Crippen LogP contribution in [-0.2, 0) is 6.54 Å². The van der Waals surface area contributed by atoms with Gasteiger partial charge in [0.25, 0.3) is 0 Å². The molecule has 2 aliphatic heterocycles. The summed E-state index contributed by atoms with van der Waals surface area (Å²) in [7, 11) is 0. The van der Waals surface area contributed by atoms with Crippen LogP contribution in [0.1, 0.15) is 37.7 Å². The maximum atomic E-state index is 12.9. The number of nitrogens with zero attached hydrogens (tertiary/aromatic N) is 1. The molecule has 2 heterocycles. The lowest BCUT2D eigenvalue weighted by Crippen LogP contribution is -2.37. The number of hydrogen-bond acceptors (Lipinski definition) is 1. The largest absolute Gasteiger partial charge is 0.301 e. The fraction of sp³-hybridized carbons (Fsp3) is 0.444. The Labute approximate surface area is 129 Å². The van der Waals surface area contributed by atoms with Crippen molar-refractivity contribution in [3.8, 4) is 0 Å². The molecular weight excluding hydrogens is 287 g/mol. The first kappa shape index (κ1) is 15.3. The molecule has 1 saturated heterocycles. The Morgan fingerprint density at radius 1 is 1.09 bits per heavy atom. The second-order valence-electron chi connectivity index (χ2n) is 6.15. The maximum absolute atomic E-state index is 12.9. The lowest BCUT2D eigenvalue weighted by molar-refractivity contribution is 0.194. The van der Waals surface area contributed by atoms with Crippen LogP contribution in [0.2, 0.25) is 0 Å². The molecule has 3 rings (SSSR count). The standard InChI is InChI=1S/C18H20F3N/c19-17(18(20)21)9-6-14-10-15-7-8-16(11-14)22(15)12-13-4-2-1-3-5-13/h1-5,10,15-16H,6-9,11-12H2. The topological polar surface area (TPSA) is 3.24 Å². The predicted octanol–water partition coefficient (Wildman–Crippen LogP) is 5.21. The fourth-order valence-electron chi connectivity index (χ4n) is 3.60. The number of allylic oxidation sites excluding steroid dienone is 1. The van der Waals surface area contributed by atoms with Gasteiger partial charge < -0.3 is 0 Å². The molecule has 0 saturated carbocycles. The molecule has 0 radical (unpaired) electrons. The third kappa shape index (κ3) is 3.43. The Kier molecular flexibility index (Phi) is 4.67. The number of rotatable bonds is 5. The van der Waals surface area contributed by atoms with Gasteiger partial charge in [-0.1, -0.05) is 42.0 Å². The highest BCUT2D eigenvalue weighted by Crippen LogP contribution is 2.37. The van der Waals surface area contributed by atoms with Gasteiger partial charge in [-0.2, -0.15) is 8.78 Å². The zero-order valence-electron chi connectivity index (χ0n) is 12.4. The van der Waals surface area contributed by atoms with Crippen molar-refractivity contribution in [2.75, 3.05) is 0 Å². The van der Waals surface area contributed by atoms with Crippen LogP contribution in [0.5, 0.6) is 0 Å². The lowest BCUT2D eigenvalue weighted by Gasteiger charge is -2.34. The summed E-state index contributed by atoms with van der Waals surface area (Å²) in [6.45, 7) is 0.924. The van der Waals surface area contributed by atoms with Gasteiger partial charge in [-0.3, -0.25) is 4.90 Å². The van der Waals surface area contributed by atoms with Crippen LogP contribution in [0.3, 0.4) is 0 Å². The second-order valence-corrected chi connectivity index (χ2v) is 6.15. The van der Waals surface area contributed by atoms with Gasteiger partial charge in [0.1, 0.15) is 0 Å². The van der Waals surface area contributed by atoms with Crippen LogP contribution in [-0.4, -0.2) is 17.0 Å². The minimum absolute atomic E-state index is 0.174. The summed E-state index contributed by atoms with van der Waals surface area (Å²) in [6.07, 6.45) is 3.36. The number of halogens is 3. The van der Waals surface area contributed by atoms with Gasteiger partial charge in [0.2, 0.25) is 0 Å². The van der Waals surface area contributed by atoms with Crippen molar-refractivity contribution in [3.63, 3.8) is 0 Å². The summed E-state index contributed by atoms with van der Waals surface area (Å²) in [5.41, 5.74) is 2.43. The summed E-state index contributed by atoms with van der Waals surface area (Å²) >= 11 is 0. The van der Waals surface area contributed by atoms with Crippen molar-refractivity contribution >= 4 is 0 Å². The highest BCUT2D eigenvalue weighted by Gasteiger charge is 2.36. The quantitative estimate of drug-likeness (QED) is 0.675. The molecule has 0 spiro atoms. The van der Waals surface area contributed by atoms with Gasteiger partial charge in [0, 0.05) is 25.0 Å². The molecule has 1 aromatic rings. The summed E-state index contributed by atoms with van der Waals surface area (Å²) in [4.78, 5) is 2.49. The smallest absolute Gasteiger partial charge is 0.289 e. The highest BCUT2D eigenvalue weighted by atomic mass is 19.3. The van der Waals surface area contributed by atoms with Gasteiger partial charge in [-0.25, -0.2) is 4.39 Å². The summed E-state index contributed by atoms with van der Waals surface area (Å²) < 4.78 is 37.2. The average molecular weight is 307 g/mol. The molecule has 118 valence electrons. The molecular formula is C18H20F3N. The molecule has 4 heteroatoms. The van der Waals surface area contributed by atoms with Crippen LogP contribution in [0.4, 0.5) is 13.2 Å². The van der Waals surface area contributed by atoms with Gasteiger partial charge in [0.05, 0.1) is 0 Å². The summed E-state index contributed by atoms with van der Waals surface area (Å²) in [6, 6.07) is 11.2. The van der Waals surface area contributed by atoms with E-state index < -0.39 is 11.9 Å². The Morgan fingerprint density at radius 3 is 2.55 bits per heavy atom. The van der Waals surface area contributed by atoms with Crippen LogP contribution >= 0.6 is 0 Å². The highest BCUT2D eigenvalue weighted by molar-refractivity contribution is 5.21. The molecule has 1 aromatic carbocycles. The second kappa shape index (κ2) is 6.69. The van der Waals surface area contributed by atoms with Crippen molar-refractivity contribution in [1.82, 2.24) is 4.90 Å². The minimum atomic E-state index is -2.18.